The molecule has 0 bridgehead atoms. The molecule has 4 aliphatic rings. The van der Waals surface area contributed by atoms with E-state index in [-0.39, 0.29) is 29.0 Å². The first-order valence-electron chi connectivity index (χ1n) is 14.8. The Balaban J connectivity index is 0.963. The number of pyridine rings is 1. The first kappa shape index (κ1) is 30.7. The van der Waals surface area contributed by atoms with Gasteiger partial charge in [0.2, 0.25) is 15.9 Å². The number of sulfonamides is 1. The number of nitrogens with zero attached hydrogens (tertiary/aromatic N) is 2. The summed E-state index contributed by atoms with van der Waals surface area (Å²) in [6.45, 7) is 1.58. The van der Waals surface area contributed by atoms with Crippen molar-refractivity contribution in [1.29, 1.82) is 0 Å². The first-order valence-corrected chi connectivity index (χ1v) is 17.7. The highest BCUT2D eigenvalue weighted by molar-refractivity contribution is 7.93. The Bertz CT molecular complexity index is 1540. The molecule has 3 N–H and O–H groups in total. The second-order valence-corrected chi connectivity index (χ2v) is 16.4. The number of ether oxygens (including phenoxy) is 3. The number of fused-ring (bicyclic) bond motifs is 1. The summed E-state index contributed by atoms with van der Waals surface area (Å²) < 4.78 is 70.2. The summed E-state index contributed by atoms with van der Waals surface area (Å²) in [6, 6.07) is 7.83. The van der Waals surface area contributed by atoms with Gasteiger partial charge < -0.3 is 29.7 Å². The van der Waals surface area contributed by atoms with Crippen LogP contribution in [0.15, 0.2) is 46.3 Å². The number of nitrogens with one attached hydrogen (secondary N) is 1. The molecule has 3 aliphatic heterocycles. The Hall–Kier alpha value is -2.33. The summed E-state index contributed by atoms with van der Waals surface area (Å²) in [5.74, 6) is 0.848. The molecule has 1 aromatic heterocycles. The molecule has 12 nitrogen and oxygen atoms in total. The Kier molecular flexibility index (Phi) is 8.48. The second kappa shape index (κ2) is 11.9. The number of hydrogen-bond donors (Lipinski definition) is 3. The van der Waals surface area contributed by atoms with Crippen LogP contribution in [-0.2, 0) is 31.0 Å². The van der Waals surface area contributed by atoms with Crippen LogP contribution in [0.3, 0.4) is 0 Å². The average molecular weight is 638 g/mol. The van der Waals surface area contributed by atoms with E-state index in [0.717, 1.165) is 18.4 Å². The number of benzene rings is 1. The van der Waals surface area contributed by atoms with Gasteiger partial charge in [0.15, 0.2) is 9.84 Å². The van der Waals surface area contributed by atoms with Gasteiger partial charge in [-0.15, -0.1) is 0 Å². The minimum atomic E-state index is -3.67. The number of sulfone groups is 1. The van der Waals surface area contributed by atoms with Gasteiger partial charge in [0.05, 0.1) is 41.3 Å². The molecule has 1 saturated carbocycles. The van der Waals surface area contributed by atoms with E-state index in [1.807, 2.05) is 0 Å². The van der Waals surface area contributed by atoms with E-state index in [0.29, 0.717) is 70.0 Å². The molecule has 1 aliphatic carbocycles. The van der Waals surface area contributed by atoms with Crippen LogP contribution in [0.4, 0.5) is 0 Å². The van der Waals surface area contributed by atoms with Gasteiger partial charge in [-0.25, -0.2) is 21.8 Å². The fraction of sp³-hybridized carbons (Fsp3) is 0.621. The highest BCUT2D eigenvalue weighted by atomic mass is 32.2. The lowest BCUT2D eigenvalue weighted by atomic mass is 9.88. The number of hydrogen-bond acceptors (Lipinski definition) is 11. The Morgan fingerprint density at radius 1 is 1.12 bits per heavy atom. The second-order valence-electron chi connectivity index (χ2n) is 12.1. The van der Waals surface area contributed by atoms with Crippen LogP contribution in [0, 0.1) is 0 Å². The van der Waals surface area contributed by atoms with E-state index < -0.39 is 42.9 Å². The predicted molar refractivity (Wildman–Crippen MR) is 155 cm³/mol. The number of aliphatic hydroxyl groups excluding tert-OH is 2. The van der Waals surface area contributed by atoms with Gasteiger partial charge in [-0.3, -0.25) is 0 Å². The van der Waals surface area contributed by atoms with Gasteiger partial charge in [0.1, 0.15) is 23.4 Å². The minimum Gasteiger partial charge on any atom is -0.491 e. The van der Waals surface area contributed by atoms with Gasteiger partial charge in [-0.05, 0) is 69.2 Å². The zero-order chi connectivity index (χ0) is 30.3. The minimum absolute atomic E-state index is 0.00402. The van der Waals surface area contributed by atoms with Crippen LogP contribution in [-0.4, -0.2) is 105 Å². The molecule has 2 atom stereocenters. The molecule has 1 unspecified atom stereocenters. The van der Waals surface area contributed by atoms with E-state index in [1.54, 1.807) is 18.2 Å². The first-order chi connectivity index (χ1) is 20.6. The van der Waals surface area contributed by atoms with Gasteiger partial charge in [0.25, 0.3) is 0 Å². The molecular weight excluding hydrogens is 598 g/mol. The van der Waals surface area contributed by atoms with Crippen molar-refractivity contribution < 1.29 is 41.3 Å². The number of piperidine rings is 1. The molecule has 43 heavy (non-hydrogen) atoms. The van der Waals surface area contributed by atoms with Crippen molar-refractivity contribution in [2.24, 2.45) is 0 Å². The summed E-state index contributed by atoms with van der Waals surface area (Å²) in [5.41, 5.74) is 0.416. The van der Waals surface area contributed by atoms with Crippen LogP contribution >= 0.6 is 0 Å². The summed E-state index contributed by atoms with van der Waals surface area (Å²) in [7, 11) is -7.34. The molecular formula is C29H39N3O9S2. The lowest BCUT2D eigenvalue weighted by molar-refractivity contribution is -0.0312. The third-order valence-electron chi connectivity index (χ3n) is 9.08. The third-order valence-corrected chi connectivity index (χ3v) is 13.5. The highest BCUT2D eigenvalue weighted by Crippen LogP contribution is 2.46. The van der Waals surface area contributed by atoms with Crippen molar-refractivity contribution in [3.05, 3.63) is 42.1 Å². The molecule has 0 radical (unpaired) electrons. The van der Waals surface area contributed by atoms with Crippen molar-refractivity contribution in [3.63, 3.8) is 0 Å². The molecule has 2 saturated heterocycles. The van der Waals surface area contributed by atoms with Gasteiger partial charge in [-0.1, -0.05) is 6.07 Å². The predicted octanol–water partition coefficient (Wildman–Crippen LogP) is 1.05. The fourth-order valence-electron chi connectivity index (χ4n) is 6.15. The van der Waals surface area contributed by atoms with Crippen LogP contribution in [0.5, 0.6) is 11.6 Å². The molecule has 6 rings (SSSR count). The number of aryl methyl sites for hydroxylation is 1. The normalized spacial score (nSPS) is 23.8. The zero-order valence-electron chi connectivity index (χ0n) is 24.0. The maximum Gasteiger partial charge on any atom is 0.244 e. The number of rotatable bonds is 11. The SMILES string of the molecule is O=S(=O)(c1cnc2c(c1)CCCO2)N1CCC2(CC1)C[C@@H](NCC(O)COc1cccc(S(=O)(=O)C3(CO)CC3)c1)CO2. The quantitative estimate of drug-likeness (QED) is 0.323. The molecule has 1 aromatic carbocycles. The standard InChI is InChI=1S/C29H39N3O9S2/c33-20-29(6-7-29)42(35,36)25-5-1-4-24(14-25)40-19-23(34)16-30-22-15-28(41-18-22)8-10-32(11-9-28)43(37,38)26-13-21-3-2-12-39-27(21)31-17-26/h1,4-5,13-14,17,22-23,30,33-34H,2-3,6-12,15-16,18-20H2/t22-,23?/m1/s1. The van der Waals surface area contributed by atoms with Gasteiger partial charge >= 0.3 is 0 Å². The molecule has 0 amide bonds. The van der Waals surface area contributed by atoms with Crippen molar-refractivity contribution in [2.45, 2.75) is 77.2 Å². The number of aliphatic hydroxyl groups is 2. The Labute approximate surface area is 252 Å². The van der Waals surface area contributed by atoms with Crippen LogP contribution in [0.25, 0.3) is 0 Å². The molecule has 1 spiro atoms. The average Bonchev–Trinajstić information content (AvgIpc) is 3.75. The van der Waals surface area contributed by atoms with E-state index in [2.05, 4.69) is 10.3 Å². The van der Waals surface area contributed by atoms with Gasteiger partial charge in [0, 0.05) is 31.2 Å². The third kappa shape index (κ3) is 6.15. The summed E-state index contributed by atoms with van der Waals surface area (Å²) in [5, 5.41) is 23.4. The zero-order valence-corrected chi connectivity index (χ0v) is 25.6. The summed E-state index contributed by atoms with van der Waals surface area (Å²) >= 11 is 0. The largest absolute Gasteiger partial charge is 0.491 e. The van der Waals surface area contributed by atoms with Crippen LogP contribution in [0.1, 0.15) is 44.1 Å². The number of aromatic nitrogens is 1. The van der Waals surface area contributed by atoms with Crippen molar-refractivity contribution in [2.75, 3.05) is 46.1 Å². The topological polar surface area (TPSA) is 165 Å². The van der Waals surface area contributed by atoms with Crippen molar-refractivity contribution in [1.82, 2.24) is 14.6 Å². The molecule has 2 aromatic rings. The lowest BCUT2D eigenvalue weighted by Gasteiger charge is -2.38. The highest BCUT2D eigenvalue weighted by Gasteiger charge is 2.54. The van der Waals surface area contributed by atoms with Crippen LogP contribution in [0.2, 0.25) is 0 Å². The monoisotopic (exact) mass is 637 g/mol. The van der Waals surface area contributed by atoms with Crippen LogP contribution < -0.4 is 14.8 Å². The van der Waals surface area contributed by atoms with E-state index in [4.69, 9.17) is 14.2 Å². The fourth-order valence-corrected chi connectivity index (χ4v) is 9.43. The van der Waals surface area contributed by atoms with E-state index in [9.17, 15) is 27.0 Å². The molecule has 4 heterocycles. The molecule has 236 valence electrons. The maximum absolute atomic E-state index is 13.3. The lowest BCUT2D eigenvalue weighted by Crippen LogP contribution is -2.47. The Morgan fingerprint density at radius 2 is 1.91 bits per heavy atom. The molecule has 14 heteroatoms. The van der Waals surface area contributed by atoms with Crippen molar-refractivity contribution >= 4 is 19.9 Å². The summed E-state index contributed by atoms with van der Waals surface area (Å²) in [6.07, 6.45) is 4.87. The van der Waals surface area contributed by atoms with E-state index in [1.165, 1.54) is 22.6 Å². The summed E-state index contributed by atoms with van der Waals surface area (Å²) in [4.78, 5) is 4.53. The van der Waals surface area contributed by atoms with Crippen molar-refractivity contribution in [3.8, 4) is 11.6 Å². The smallest absolute Gasteiger partial charge is 0.244 e. The molecule has 3 fully saturated rings. The van der Waals surface area contributed by atoms with Gasteiger partial charge in [-0.2, -0.15) is 4.31 Å². The van der Waals surface area contributed by atoms with E-state index >= 15 is 0 Å². The maximum atomic E-state index is 13.3. The Morgan fingerprint density at radius 3 is 2.65 bits per heavy atom.